The molecule has 5 N–H and O–H groups in total. The second-order valence-corrected chi connectivity index (χ2v) is 5.05. The molecule has 1 aliphatic rings. The monoisotopic (exact) mass is 332 g/mol. The minimum atomic E-state index is -1.74. The van der Waals surface area contributed by atoms with E-state index in [1.54, 1.807) is 12.1 Å². The summed E-state index contributed by atoms with van der Waals surface area (Å²) in [5.74, 6) is -1.11. The number of carbonyl (C=O) groups is 1. The molecule has 3 rings (SSSR count). The van der Waals surface area contributed by atoms with Crippen LogP contribution in [0.2, 0.25) is 0 Å². The van der Waals surface area contributed by atoms with Crippen molar-refractivity contribution in [1.82, 2.24) is 4.98 Å². The molecule has 0 spiro atoms. The molecular formula is C14H15NNaO7. The van der Waals surface area contributed by atoms with Crippen molar-refractivity contribution in [1.29, 1.82) is 0 Å². The number of aromatic nitrogens is 1. The summed E-state index contributed by atoms with van der Waals surface area (Å²) in [5.41, 5.74) is 0.790. The fraction of sp³-hybridized carbons (Fsp3) is 0.357. The number of H-pyrrole nitrogens is 1. The third-order valence-electron chi connectivity index (χ3n) is 3.61. The second kappa shape index (κ2) is 7.18. The number of para-hydroxylation sites is 1. The second-order valence-electron chi connectivity index (χ2n) is 5.05. The summed E-state index contributed by atoms with van der Waals surface area (Å²) >= 11 is 0. The van der Waals surface area contributed by atoms with Crippen LogP contribution in [0.4, 0.5) is 0 Å². The maximum atomic E-state index is 11.0. The predicted octanol–water partition coefficient (Wildman–Crippen LogP) is -0.942. The van der Waals surface area contributed by atoms with Gasteiger partial charge in [-0.15, -0.1) is 0 Å². The number of ether oxygens (including phenoxy) is 2. The van der Waals surface area contributed by atoms with Gasteiger partial charge in [-0.1, -0.05) is 12.1 Å². The molecule has 1 saturated heterocycles. The molecule has 1 aromatic carbocycles. The fourth-order valence-electron chi connectivity index (χ4n) is 2.42. The first kappa shape index (κ1) is 18.2. The van der Waals surface area contributed by atoms with Gasteiger partial charge < -0.3 is 34.9 Å². The Morgan fingerprint density at radius 2 is 1.83 bits per heavy atom. The third kappa shape index (κ3) is 3.38. The summed E-state index contributed by atoms with van der Waals surface area (Å²) in [6.07, 6.45) is -6.58. The molecule has 1 aliphatic heterocycles. The minimum Gasteiger partial charge on any atom is -0.479 e. The largest absolute Gasteiger partial charge is 0.479 e. The molecule has 8 nitrogen and oxygen atoms in total. The van der Waals surface area contributed by atoms with Crippen LogP contribution in [0.25, 0.3) is 10.9 Å². The summed E-state index contributed by atoms with van der Waals surface area (Å²) in [4.78, 5) is 14.0. The van der Waals surface area contributed by atoms with Crippen molar-refractivity contribution < 1.29 is 34.7 Å². The van der Waals surface area contributed by atoms with Gasteiger partial charge in [-0.25, -0.2) is 4.79 Å². The molecule has 0 amide bonds. The first-order chi connectivity index (χ1) is 10.5. The van der Waals surface area contributed by atoms with E-state index in [0.29, 0.717) is 11.1 Å². The van der Waals surface area contributed by atoms with Gasteiger partial charge in [0, 0.05) is 46.7 Å². The van der Waals surface area contributed by atoms with Crippen molar-refractivity contribution in [2.75, 3.05) is 0 Å². The zero-order valence-corrected chi connectivity index (χ0v) is 14.3. The zero-order valence-electron chi connectivity index (χ0n) is 12.3. The van der Waals surface area contributed by atoms with E-state index in [1.807, 2.05) is 12.1 Å². The molecule has 0 unspecified atom stereocenters. The molecular weight excluding hydrogens is 317 g/mol. The van der Waals surface area contributed by atoms with Gasteiger partial charge in [-0.05, 0) is 12.1 Å². The van der Waals surface area contributed by atoms with Crippen LogP contribution in [-0.4, -0.2) is 91.6 Å². The van der Waals surface area contributed by atoms with E-state index in [2.05, 4.69) is 4.98 Å². The van der Waals surface area contributed by atoms with Crippen molar-refractivity contribution in [3.05, 3.63) is 30.5 Å². The molecule has 1 aromatic heterocycles. The molecule has 9 heteroatoms. The number of fused-ring (bicyclic) bond motifs is 1. The summed E-state index contributed by atoms with van der Waals surface area (Å²) < 4.78 is 10.6. The molecule has 5 atom stereocenters. The maximum absolute atomic E-state index is 11.0. The van der Waals surface area contributed by atoms with E-state index in [9.17, 15) is 20.1 Å². The van der Waals surface area contributed by atoms with Gasteiger partial charge in [0.05, 0.1) is 0 Å². The zero-order chi connectivity index (χ0) is 15.9. The summed E-state index contributed by atoms with van der Waals surface area (Å²) in [6.45, 7) is 0. The molecule has 0 saturated carbocycles. The number of aliphatic hydroxyl groups excluding tert-OH is 3. The number of aromatic amines is 1. The number of rotatable bonds is 3. The molecule has 23 heavy (non-hydrogen) atoms. The number of carboxylic acids is 1. The van der Waals surface area contributed by atoms with Gasteiger partial charge in [-0.2, -0.15) is 0 Å². The minimum absolute atomic E-state index is 0. The maximum Gasteiger partial charge on any atom is 0.335 e. The van der Waals surface area contributed by atoms with Crippen LogP contribution in [-0.2, 0) is 9.53 Å². The summed E-state index contributed by atoms with van der Waals surface area (Å²) in [5, 5.41) is 39.0. The van der Waals surface area contributed by atoms with Crippen LogP contribution in [0.1, 0.15) is 0 Å². The van der Waals surface area contributed by atoms with Crippen molar-refractivity contribution in [3.63, 3.8) is 0 Å². The smallest absolute Gasteiger partial charge is 0.335 e. The average molecular weight is 332 g/mol. The first-order valence-corrected chi connectivity index (χ1v) is 6.64. The summed E-state index contributed by atoms with van der Waals surface area (Å²) in [7, 11) is 0. The Bertz CT molecular complexity index is 691. The van der Waals surface area contributed by atoms with E-state index < -0.39 is 36.7 Å². The first-order valence-electron chi connectivity index (χ1n) is 6.64. The Hall–Kier alpha value is -1.13. The number of hydrogen-bond donors (Lipinski definition) is 5. The van der Waals surface area contributed by atoms with Crippen LogP contribution in [0.3, 0.4) is 0 Å². The number of aliphatic hydroxyl groups is 3. The standard InChI is InChI=1S/C14H15NO7.Na/c16-9-10(17)12(13(19)20)22-14(11(9)18)21-8-5-15-7-4-2-1-3-6(7)8;/h1-5,9-12,14-18H,(H,19,20);/t9-,10-,11+,12-,14+;/m0./s1. The van der Waals surface area contributed by atoms with Gasteiger partial charge >= 0.3 is 5.97 Å². The average Bonchev–Trinajstić information content (AvgIpc) is 2.91. The van der Waals surface area contributed by atoms with Crippen molar-refractivity contribution in [2.24, 2.45) is 0 Å². The van der Waals surface area contributed by atoms with Gasteiger partial charge in [0.15, 0.2) is 6.10 Å². The topological polar surface area (TPSA) is 132 Å². The van der Waals surface area contributed by atoms with Crippen LogP contribution < -0.4 is 4.74 Å². The third-order valence-corrected chi connectivity index (χ3v) is 3.61. The SMILES string of the molecule is O=C(O)[C@H]1O[C@@H](Oc2c[nH]c3ccccc23)[C@H](O)[C@@H](O)[C@@H]1O.[Na]. The number of aliphatic carboxylic acids is 1. The van der Waals surface area contributed by atoms with Crippen molar-refractivity contribution in [3.8, 4) is 5.75 Å². The molecule has 0 aliphatic carbocycles. The van der Waals surface area contributed by atoms with Crippen molar-refractivity contribution in [2.45, 2.75) is 30.7 Å². The van der Waals surface area contributed by atoms with E-state index in [4.69, 9.17) is 14.6 Å². The van der Waals surface area contributed by atoms with Crippen LogP contribution in [0, 0.1) is 0 Å². The molecule has 0 bridgehead atoms. The number of carboxylic acid groups (broad SMARTS) is 1. The van der Waals surface area contributed by atoms with Crippen LogP contribution in [0.15, 0.2) is 30.5 Å². The molecule has 1 radical (unpaired) electrons. The summed E-state index contributed by atoms with van der Waals surface area (Å²) in [6, 6.07) is 7.21. The van der Waals surface area contributed by atoms with Gasteiger partial charge in [0.1, 0.15) is 24.1 Å². The number of nitrogens with one attached hydrogen (secondary N) is 1. The Morgan fingerprint density at radius 1 is 1.13 bits per heavy atom. The predicted molar refractivity (Wildman–Crippen MR) is 79.0 cm³/mol. The van der Waals surface area contributed by atoms with Crippen molar-refractivity contribution >= 4 is 46.4 Å². The Kier molecular flexibility index (Phi) is 5.69. The molecule has 2 aromatic rings. The van der Waals surface area contributed by atoms with Gasteiger partial charge in [0.25, 0.3) is 0 Å². The van der Waals surface area contributed by atoms with Crippen LogP contribution in [0.5, 0.6) is 5.75 Å². The van der Waals surface area contributed by atoms with E-state index in [1.165, 1.54) is 6.20 Å². The van der Waals surface area contributed by atoms with Gasteiger partial charge in [-0.3, -0.25) is 0 Å². The molecule has 119 valence electrons. The number of benzene rings is 1. The number of hydrogen-bond acceptors (Lipinski definition) is 6. The Balaban J connectivity index is 0.00000192. The van der Waals surface area contributed by atoms with E-state index in [-0.39, 0.29) is 29.6 Å². The van der Waals surface area contributed by atoms with E-state index in [0.717, 1.165) is 5.52 Å². The van der Waals surface area contributed by atoms with Gasteiger partial charge in [0.2, 0.25) is 6.29 Å². The van der Waals surface area contributed by atoms with E-state index >= 15 is 0 Å². The molecule has 1 fully saturated rings. The normalized spacial score (nSPS) is 30.7. The Morgan fingerprint density at radius 3 is 2.52 bits per heavy atom. The molecule has 2 heterocycles. The fourth-order valence-corrected chi connectivity index (χ4v) is 2.42. The van der Waals surface area contributed by atoms with Crippen LogP contribution >= 0.6 is 0 Å². The Labute approximate surface area is 152 Å². The quantitative estimate of drug-likeness (QED) is 0.458.